The summed E-state index contributed by atoms with van der Waals surface area (Å²) in [5, 5.41) is 11.4. The van der Waals surface area contributed by atoms with E-state index in [-0.39, 0.29) is 11.3 Å². The standard InChI is InChI=1S/C32H29N3O6/c36-30(24-9-12-26-27(19-24)40-18-17-39-26)28-29(35(32(38)31(28)37)15-4-14-34-16-13-33-21-34)23-7-10-25(11-8-23)41-20-22-5-2-1-3-6-22/h1-3,5-13,16,19,21,29,36H,4,14-15,17-18,20H2/b30-28+. The summed E-state index contributed by atoms with van der Waals surface area (Å²) < 4.78 is 19.1. The number of aliphatic hydroxyl groups excluding tert-OH is 1. The number of likely N-dealkylation sites (tertiary alicyclic amines) is 1. The van der Waals surface area contributed by atoms with E-state index < -0.39 is 17.7 Å². The predicted octanol–water partition coefficient (Wildman–Crippen LogP) is 4.75. The molecule has 0 aliphatic carbocycles. The van der Waals surface area contributed by atoms with Crippen molar-refractivity contribution in [3.05, 3.63) is 114 Å². The monoisotopic (exact) mass is 551 g/mol. The van der Waals surface area contributed by atoms with Crippen molar-refractivity contribution >= 4 is 17.4 Å². The summed E-state index contributed by atoms with van der Waals surface area (Å²) in [5.74, 6) is 0.0635. The third-order valence-corrected chi connectivity index (χ3v) is 7.17. The zero-order valence-corrected chi connectivity index (χ0v) is 22.3. The Hall–Kier alpha value is -5.05. The maximum atomic E-state index is 13.4. The third-order valence-electron chi connectivity index (χ3n) is 7.17. The first-order valence-corrected chi connectivity index (χ1v) is 13.5. The fourth-order valence-corrected chi connectivity index (χ4v) is 5.13. The molecule has 1 unspecified atom stereocenters. The van der Waals surface area contributed by atoms with Crippen LogP contribution in [-0.4, -0.2) is 51.0 Å². The first-order chi connectivity index (χ1) is 20.1. The molecule has 3 heterocycles. The van der Waals surface area contributed by atoms with Crippen LogP contribution in [0.4, 0.5) is 0 Å². The Morgan fingerprint density at radius 2 is 1.73 bits per heavy atom. The summed E-state index contributed by atoms with van der Waals surface area (Å²) >= 11 is 0. The van der Waals surface area contributed by atoms with Gasteiger partial charge in [0.15, 0.2) is 11.5 Å². The second-order valence-electron chi connectivity index (χ2n) is 9.85. The van der Waals surface area contributed by atoms with Gasteiger partial charge in [0.25, 0.3) is 11.7 Å². The van der Waals surface area contributed by atoms with E-state index in [0.29, 0.717) is 67.7 Å². The number of ketones is 1. The Morgan fingerprint density at radius 3 is 2.49 bits per heavy atom. The van der Waals surface area contributed by atoms with E-state index in [9.17, 15) is 14.7 Å². The summed E-state index contributed by atoms with van der Waals surface area (Å²) in [7, 11) is 0. The van der Waals surface area contributed by atoms with Gasteiger partial charge in [0.2, 0.25) is 0 Å². The van der Waals surface area contributed by atoms with Crippen LogP contribution in [-0.2, 0) is 22.7 Å². The van der Waals surface area contributed by atoms with Crippen LogP contribution in [0.2, 0.25) is 0 Å². The molecule has 2 aliphatic heterocycles. The summed E-state index contributed by atoms with van der Waals surface area (Å²) in [5.41, 5.74) is 2.14. The number of aryl methyl sites for hydroxylation is 1. The van der Waals surface area contributed by atoms with Crippen LogP contribution in [0.3, 0.4) is 0 Å². The Labute approximate surface area is 237 Å². The quantitative estimate of drug-likeness (QED) is 0.182. The summed E-state index contributed by atoms with van der Waals surface area (Å²) in [4.78, 5) is 32.3. The molecule has 9 heteroatoms. The smallest absolute Gasteiger partial charge is 0.295 e. The van der Waals surface area contributed by atoms with E-state index in [1.807, 2.05) is 65.4 Å². The van der Waals surface area contributed by atoms with Gasteiger partial charge in [0.1, 0.15) is 31.3 Å². The maximum absolute atomic E-state index is 13.4. The van der Waals surface area contributed by atoms with Crippen molar-refractivity contribution in [1.29, 1.82) is 0 Å². The zero-order valence-electron chi connectivity index (χ0n) is 22.3. The lowest BCUT2D eigenvalue weighted by atomic mass is 9.95. The molecule has 0 spiro atoms. The average Bonchev–Trinajstić information content (AvgIpc) is 3.63. The number of carbonyl (C=O) groups excluding carboxylic acids is 2. The normalized spacial score (nSPS) is 17.6. The van der Waals surface area contributed by atoms with Gasteiger partial charge >= 0.3 is 0 Å². The lowest BCUT2D eigenvalue weighted by Gasteiger charge is -2.26. The molecule has 41 heavy (non-hydrogen) atoms. The highest BCUT2D eigenvalue weighted by Crippen LogP contribution is 2.41. The topological polar surface area (TPSA) is 103 Å². The molecule has 4 aromatic rings. The summed E-state index contributed by atoms with van der Waals surface area (Å²) in [6, 6.07) is 21.4. The first-order valence-electron chi connectivity index (χ1n) is 13.5. The predicted molar refractivity (Wildman–Crippen MR) is 151 cm³/mol. The van der Waals surface area contributed by atoms with Crippen LogP contribution < -0.4 is 14.2 Å². The summed E-state index contributed by atoms with van der Waals surface area (Å²) in [6.45, 7) is 2.18. The van der Waals surface area contributed by atoms with Gasteiger partial charge < -0.3 is 28.8 Å². The second-order valence-corrected chi connectivity index (χ2v) is 9.85. The highest BCUT2D eigenvalue weighted by molar-refractivity contribution is 6.46. The zero-order chi connectivity index (χ0) is 28.2. The molecule has 1 atom stereocenters. The minimum absolute atomic E-state index is 0.0345. The minimum atomic E-state index is -0.769. The molecule has 1 N–H and O–H groups in total. The van der Waals surface area contributed by atoms with Crippen molar-refractivity contribution in [1.82, 2.24) is 14.5 Å². The number of aliphatic hydroxyl groups is 1. The number of Topliss-reactive ketones (excluding diaryl/α,β-unsaturated/α-hetero) is 1. The highest BCUT2D eigenvalue weighted by atomic mass is 16.6. The van der Waals surface area contributed by atoms with Crippen molar-refractivity contribution in [3.8, 4) is 17.2 Å². The number of hydrogen-bond donors (Lipinski definition) is 1. The number of imidazole rings is 1. The maximum Gasteiger partial charge on any atom is 0.295 e. The van der Waals surface area contributed by atoms with Gasteiger partial charge in [-0.05, 0) is 47.9 Å². The third kappa shape index (κ3) is 5.51. The number of aromatic nitrogens is 2. The minimum Gasteiger partial charge on any atom is -0.507 e. The van der Waals surface area contributed by atoms with E-state index in [4.69, 9.17) is 14.2 Å². The molecule has 1 saturated heterocycles. The molecule has 0 saturated carbocycles. The van der Waals surface area contributed by atoms with E-state index in [1.54, 1.807) is 30.7 Å². The summed E-state index contributed by atoms with van der Waals surface area (Å²) in [6.07, 6.45) is 5.85. The van der Waals surface area contributed by atoms with Crippen molar-refractivity contribution in [3.63, 3.8) is 0 Å². The Bertz CT molecular complexity index is 1560. The van der Waals surface area contributed by atoms with Crippen LogP contribution >= 0.6 is 0 Å². The van der Waals surface area contributed by atoms with Gasteiger partial charge in [-0.3, -0.25) is 9.59 Å². The molecule has 1 aromatic heterocycles. The van der Waals surface area contributed by atoms with E-state index in [2.05, 4.69) is 4.98 Å². The number of nitrogens with zero attached hydrogens (tertiary/aromatic N) is 3. The number of carbonyl (C=O) groups is 2. The van der Waals surface area contributed by atoms with Gasteiger partial charge in [0.05, 0.1) is 17.9 Å². The molecular formula is C32H29N3O6. The number of benzene rings is 3. The largest absolute Gasteiger partial charge is 0.507 e. The SMILES string of the molecule is O=C1C(=O)N(CCCn2ccnc2)C(c2ccc(OCc3ccccc3)cc2)/C1=C(\O)c1ccc2c(c1)OCCO2. The molecule has 9 nitrogen and oxygen atoms in total. The first kappa shape index (κ1) is 26.2. The molecule has 0 radical (unpaired) electrons. The molecule has 0 bridgehead atoms. The average molecular weight is 552 g/mol. The Kier molecular flexibility index (Phi) is 7.40. The molecule has 1 fully saturated rings. The van der Waals surface area contributed by atoms with Gasteiger partial charge in [-0.1, -0.05) is 42.5 Å². The van der Waals surface area contributed by atoms with E-state index in [0.717, 1.165) is 5.56 Å². The fraction of sp³-hybridized carbons (Fsp3) is 0.219. The van der Waals surface area contributed by atoms with Crippen LogP contribution in [0.15, 0.2) is 97.1 Å². The van der Waals surface area contributed by atoms with Gasteiger partial charge in [0, 0.05) is 31.0 Å². The lowest BCUT2D eigenvalue weighted by Crippen LogP contribution is -2.31. The molecule has 3 aromatic carbocycles. The van der Waals surface area contributed by atoms with Gasteiger partial charge in [-0.2, -0.15) is 0 Å². The van der Waals surface area contributed by atoms with Crippen LogP contribution in [0.25, 0.3) is 5.76 Å². The lowest BCUT2D eigenvalue weighted by molar-refractivity contribution is -0.139. The van der Waals surface area contributed by atoms with Crippen molar-refractivity contribution in [2.75, 3.05) is 19.8 Å². The molecule has 6 rings (SSSR count). The van der Waals surface area contributed by atoms with E-state index >= 15 is 0 Å². The fourth-order valence-electron chi connectivity index (χ4n) is 5.13. The van der Waals surface area contributed by atoms with Gasteiger partial charge in [-0.15, -0.1) is 0 Å². The van der Waals surface area contributed by atoms with Crippen molar-refractivity contribution in [2.45, 2.75) is 25.6 Å². The van der Waals surface area contributed by atoms with Crippen molar-refractivity contribution < 1.29 is 28.9 Å². The van der Waals surface area contributed by atoms with Crippen LogP contribution in [0.5, 0.6) is 17.2 Å². The van der Waals surface area contributed by atoms with Crippen molar-refractivity contribution in [2.24, 2.45) is 0 Å². The molecule has 2 aliphatic rings. The van der Waals surface area contributed by atoms with Crippen LogP contribution in [0, 0.1) is 0 Å². The molecule has 208 valence electrons. The Morgan fingerprint density at radius 1 is 0.951 bits per heavy atom. The Balaban J connectivity index is 1.31. The number of amides is 1. The second kappa shape index (κ2) is 11.6. The van der Waals surface area contributed by atoms with Crippen LogP contribution in [0.1, 0.15) is 29.2 Å². The number of rotatable bonds is 9. The molecular weight excluding hydrogens is 522 g/mol. The number of fused-ring (bicyclic) bond motifs is 1. The molecule has 1 amide bonds. The number of hydrogen-bond acceptors (Lipinski definition) is 7. The highest BCUT2D eigenvalue weighted by Gasteiger charge is 2.45. The number of ether oxygens (including phenoxy) is 3. The van der Waals surface area contributed by atoms with E-state index in [1.165, 1.54) is 4.90 Å². The van der Waals surface area contributed by atoms with Gasteiger partial charge in [-0.25, -0.2) is 4.98 Å².